The fraction of sp³-hybridized carbons (Fsp3) is 0.0455. The number of halogens is 2. The summed E-state index contributed by atoms with van der Waals surface area (Å²) in [4.78, 5) is 31.2. The quantitative estimate of drug-likeness (QED) is 0.417. The van der Waals surface area contributed by atoms with Crippen LogP contribution in [-0.2, 0) is 0 Å². The smallest absolute Gasteiger partial charge is 0.282 e. The van der Waals surface area contributed by atoms with Crippen molar-refractivity contribution >= 4 is 50.6 Å². The molecule has 160 valence electrons. The summed E-state index contributed by atoms with van der Waals surface area (Å²) < 4.78 is 28.4. The van der Waals surface area contributed by atoms with Crippen LogP contribution in [0.2, 0.25) is 0 Å². The van der Waals surface area contributed by atoms with E-state index in [1.165, 1.54) is 16.4 Å². The summed E-state index contributed by atoms with van der Waals surface area (Å²) in [6.45, 7) is 1.65. The average molecular weight is 469 g/mol. The van der Waals surface area contributed by atoms with Gasteiger partial charge >= 0.3 is 0 Å². The summed E-state index contributed by atoms with van der Waals surface area (Å²) in [5.41, 5.74) is 4.73. The van der Waals surface area contributed by atoms with Crippen LogP contribution in [0.4, 0.5) is 14.5 Å². The molecular weight excluding hydrogens is 454 g/mol. The molecule has 0 atom stereocenters. The van der Waals surface area contributed by atoms with E-state index < -0.39 is 17.5 Å². The molecular formula is C22H14F2N4O2S2. The highest BCUT2D eigenvalue weighted by Gasteiger charge is 2.24. The number of fused-ring (bicyclic) bond motifs is 2. The topological polar surface area (TPSA) is 76.0 Å². The van der Waals surface area contributed by atoms with Crippen molar-refractivity contribution < 1.29 is 13.6 Å². The molecule has 2 aromatic heterocycles. The molecule has 1 aliphatic rings. The van der Waals surface area contributed by atoms with Crippen molar-refractivity contribution in [2.24, 2.45) is 0 Å². The number of aryl methyl sites for hydroxylation is 1. The second-order valence-electron chi connectivity index (χ2n) is 6.98. The Morgan fingerprint density at radius 2 is 1.94 bits per heavy atom. The summed E-state index contributed by atoms with van der Waals surface area (Å²) >= 11 is 2.35. The van der Waals surface area contributed by atoms with E-state index in [9.17, 15) is 18.4 Å². The van der Waals surface area contributed by atoms with Gasteiger partial charge < -0.3 is 5.32 Å². The van der Waals surface area contributed by atoms with Crippen molar-refractivity contribution in [3.8, 4) is 0 Å². The van der Waals surface area contributed by atoms with Gasteiger partial charge in [-0.15, -0.1) is 11.3 Å². The maximum atomic E-state index is 13.9. The number of aromatic nitrogens is 2. The zero-order chi connectivity index (χ0) is 22.4. The van der Waals surface area contributed by atoms with E-state index in [1.807, 2.05) is 35.7 Å². The Labute approximate surface area is 188 Å². The fourth-order valence-corrected chi connectivity index (χ4v) is 5.25. The molecule has 0 unspecified atom stereocenters. The Bertz CT molecular complexity index is 1480. The first kappa shape index (κ1) is 20.4. The van der Waals surface area contributed by atoms with Gasteiger partial charge in [-0.1, -0.05) is 42.1 Å². The van der Waals surface area contributed by atoms with Crippen LogP contribution in [0.3, 0.4) is 0 Å². The lowest BCUT2D eigenvalue weighted by Crippen LogP contribution is -2.32. The van der Waals surface area contributed by atoms with Crippen molar-refractivity contribution in [2.75, 3.05) is 10.7 Å². The third-order valence-electron chi connectivity index (χ3n) is 4.92. The van der Waals surface area contributed by atoms with Crippen LogP contribution in [0.1, 0.15) is 20.8 Å². The maximum Gasteiger partial charge on any atom is 0.282 e. The van der Waals surface area contributed by atoms with Gasteiger partial charge in [-0.25, -0.2) is 13.8 Å². The molecule has 10 heteroatoms. The van der Waals surface area contributed by atoms with Gasteiger partial charge in [0.25, 0.3) is 11.5 Å². The molecule has 0 aliphatic carbocycles. The summed E-state index contributed by atoms with van der Waals surface area (Å²) in [5, 5.41) is 5.06. The summed E-state index contributed by atoms with van der Waals surface area (Å²) in [7, 11) is 0. The molecule has 2 aromatic carbocycles. The Balaban J connectivity index is 1.52. The molecule has 0 fully saturated rings. The van der Waals surface area contributed by atoms with Crippen LogP contribution in [0.15, 0.2) is 63.9 Å². The first-order valence-electron chi connectivity index (χ1n) is 9.44. The number of nitrogens with zero attached hydrogens (tertiary/aromatic N) is 2. The van der Waals surface area contributed by atoms with Gasteiger partial charge in [0, 0.05) is 11.5 Å². The van der Waals surface area contributed by atoms with Crippen molar-refractivity contribution in [2.45, 2.75) is 12.1 Å². The van der Waals surface area contributed by atoms with Crippen LogP contribution < -0.4 is 16.3 Å². The van der Waals surface area contributed by atoms with Crippen LogP contribution in [0, 0.1) is 18.6 Å². The number of thiophene rings is 1. The predicted octanol–water partition coefficient (Wildman–Crippen LogP) is 4.94. The molecule has 1 aliphatic heterocycles. The zero-order valence-electron chi connectivity index (χ0n) is 16.5. The number of anilines is 1. The predicted molar refractivity (Wildman–Crippen MR) is 123 cm³/mol. The van der Waals surface area contributed by atoms with E-state index in [1.54, 1.807) is 6.92 Å². The van der Waals surface area contributed by atoms with Crippen molar-refractivity contribution in [3.05, 3.63) is 91.9 Å². The second kappa shape index (κ2) is 7.88. The number of hydrogen-bond donors (Lipinski definition) is 2. The highest BCUT2D eigenvalue weighted by Crippen LogP contribution is 2.32. The van der Waals surface area contributed by atoms with Gasteiger partial charge in [-0.2, -0.15) is 4.68 Å². The number of rotatable bonds is 3. The molecule has 3 heterocycles. The maximum absolute atomic E-state index is 13.9. The van der Waals surface area contributed by atoms with Crippen LogP contribution in [0.5, 0.6) is 0 Å². The van der Waals surface area contributed by atoms with Crippen molar-refractivity contribution in [3.63, 3.8) is 0 Å². The molecule has 4 aromatic rings. The van der Waals surface area contributed by atoms with Gasteiger partial charge in [0.15, 0.2) is 5.16 Å². The minimum Gasteiger partial charge on any atom is -0.319 e. The van der Waals surface area contributed by atoms with Crippen LogP contribution >= 0.6 is 23.1 Å². The number of amides is 1. The highest BCUT2D eigenvalue weighted by atomic mass is 32.2. The number of hydrogen-bond acceptors (Lipinski definition) is 6. The molecule has 5 rings (SSSR count). The van der Waals surface area contributed by atoms with Crippen LogP contribution in [0.25, 0.3) is 15.9 Å². The van der Waals surface area contributed by atoms with E-state index in [4.69, 9.17) is 0 Å². The Kier molecular flexibility index (Phi) is 5.03. The lowest BCUT2D eigenvalue weighted by molar-refractivity contribution is 0.102. The molecule has 32 heavy (non-hydrogen) atoms. The lowest BCUT2D eigenvalue weighted by Gasteiger charge is -2.20. The number of benzene rings is 2. The van der Waals surface area contributed by atoms with Crippen molar-refractivity contribution in [1.82, 2.24) is 9.66 Å². The minimum absolute atomic E-state index is 0.147. The first-order chi connectivity index (χ1) is 15.4. The highest BCUT2D eigenvalue weighted by molar-refractivity contribution is 8.02. The average Bonchev–Trinajstić information content (AvgIpc) is 3.13. The largest absolute Gasteiger partial charge is 0.319 e. The normalized spacial score (nSPS) is 12.8. The molecule has 0 spiro atoms. The number of carbonyl (C=O) groups excluding carboxylic acids is 1. The minimum atomic E-state index is -0.883. The zero-order valence-corrected chi connectivity index (χ0v) is 18.1. The van der Waals surface area contributed by atoms with Gasteiger partial charge in [0.05, 0.1) is 21.6 Å². The Morgan fingerprint density at radius 3 is 2.69 bits per heavy atom. The lowest BCUT2D eigenvalue weighted by atomic mass is 10.2. The molecule has 0 bridgehead atoms. The molecule has 0 saturated carbocycles. The number of thioether (sulfide) groups is 1. The van der Waals surface area contributed by atoms with Gasteiger partial charge in [0.2, 0.25) is 0 Å². The Morgan fingerprint density at radius 1 is 1.16 bits per heavy atom. The van der Waals surface area contributed by atoms with Gasteiger partial charge in [-0.3, -0.25) is 15.0 Å². The second-order valence-corrected chi connectivity index (χ2v) is 8.81. The van der Waals surface area contributed by atoms with E-state index >= 15 is 0 Å². The van der Waals surface area contributed by atoms with Gasteiger partial charge in [-0.05, 0) is 30.2 Å². The fourth-order valence-electron chi connectivity index (χ4n) is 3.34. The van der Waals surface area contributed by atoms with E-state index in [0.29, 0.717) is 27.0 Å². The monoisotopic (exact) mass is 468 g/mol. The summed E-state index contributed by atoms with van der Waals surface area (Å²) in [6.07, 6.45) is 0. The molecule has 0 radical (unpaired) electrons. The first-order valence-corrected chi connectivity index (χ1v) is 11.1. The summed E-state index contributed by atoms with van der Waals surface area (Å²) in [5.74, 6) is -2.22. The molecule has 0 saturated heterocycles. The van der Waals surface area contributed by atoms with E-state index in [0.717, 1.165) is 34.7 Å². The van der Waals surface area contributed by atoms with Crippen molar-refractivity contribution in [1.29, 1.82) is 0 Å². The number of carbonyl (C=O) groups is 1. The third-order valence-corrected chi connectivity index (χ3v) is 6.94. The van der Waals surface area contributed by atoms with Crippen LogP contribution in [-0.4, -0.2) is 15.6 Å². The molecule has 6 nitrogen and oxygen atoms in total. The van der Waals surface area contributed by atoms with Gasteiger partial charge in [0.1, 0.15) is 16.5 Å². The molecule has 2 N–H and O–H groups in total. The van der Waals surface area contributed by atoms with E-state index in [2.05, 4.69) is 15.7 Å². The third kappa shape index (κ3) is 3.47. The molecule has 1 amide bonds. The summed E-state index contributed by atoms with van der Waals surface area (Å²) in [6, 6.07) is 12.5. The van der Waals surface area contributed by atoms with E-state index in [-0.39, 0.29) is 16.1 Å². The number of nitrogens with one attached hydrogen (secondary N) is 2. The standard InChI is InChI=1S/C22H14F2N4O2S2/c1-11-17-20(32-18(11)19(29)25-15-8-7-13(23)9-14(15)24)26-22-28(21(17)30)27-16(10-31-22)12-5-3-2-4-6-12/h2-10,27H,1H3,(H,25,29). The Hall–Kier alpha value is -3.50. The SMILES string of the molecule is Cc1c(C(=O)Nc2ccc(F)cc2F)sc2nc3n(c(=O)c12)NC(c1ccccc1)=CS3.